The van der Waals surface area contributed by atoms with E-state index in [2.05, 4.69) is 132 Å². The van der Waals surface area contributed by atoms with Crippen LogP contribution in [0.25, 0.3) is 32.7 Å². The molecule has 5 saturated heterocycles. The summed E-state index contributed by atoms with van der Waals surface area (Å²) in [6.07, 6.45) is 9.72. The number of carbonyl (C=O) groups excluding carboxylic acids is 4. The van der Waals surface area contributed by atoms with Gasteiger partial charge >= 0.3 is 0 Å². The van der Waals surface area contributed by atoms with Crippen LogP contribution in [0.2, 0.25) is 10.0 Å². The van der Waals surface area contributed by atoms with Gasteiger partial charge in [-0.1, -0.05) is 122 Å². The lowest BCUT2D eigenvalue weighted by Crippen LogP contribution is -2.49. The van der Waals surface area contributed by atoms with Crippen molar-refractivity contribution in [3.8, 4) is 34.5 Å². The van der Waals surface area contributed by atoms with Crippen molar-refractivity contribution in [2.45, 2.75) is 166 Å². The maximum Gasteiger partial charge on any atom is 0.260 e. The minimum absolute atomic E-state index is 0. The molecule has 0 spiro atoms. The van der Waals surface area contributed by atoms with Crippen molar-refractivity contribution in [1.29, 1.82) is 0 Å². The molecule has 3 amide bonds. The molecular weight excluding hydrogens is 1770 g/mol. The fourth-order valence-electron chi connectivity index (χ4n) is 16.4. The standard InChI is InChI=1S/C22H24N4O3.2C21H21ClN4O3.2C16H25NO.C11H14O2.CH4/c1-16-6-8-17(9-7-16)29-15-21(27)26-12-10-25(11-13-26)14-20-23-19-5-3-2-4-18(19)22(28)24-20;2*22-15-5-7-16(8-6-15)29-14-20(27)26-11-9-25(10-12-26)13-19-23-18-4-2-1-3-17(18)21(28)24-19;2*1-13(2)18-16-8-7-15(11-14(16)3)12-17-9-5-4-6-10-17;1-8(2)13-11-5-4-10(7-12)6-9(11)3;/h2-9H,10-15H2,1H3,(H,23,24,28);2*1-8H,9-14H2,(H,23,24,28);2*7-8,11,13H,4-6,9-10,12H2,1-3H3;4-8H,1-3H3;1H4. The van der Waals surface area contributed by atoms with Gasteiger partial charge in [-0.15, -0.1) is 0 Å². The Hall–Kier alpha value is -12.3. The number of para-hydroxylation sites is 3. The average Bonchev–Trinajstić information content (AvgIpc) is 0.818. The molecule has 137 heavy (non-hydrogen) atoms. The SMILES string of the molecule is C.Cc1cc(C=O)ccc1OC(C)C.Cc1cc(CN2CCCCC2)ccc1OC(C)C.Cc1cc(CN2CCCCC2)ccc1OC(C)C.Cc1ccc(OCC(=O)N2CCN(Cc3nc4ccccc4c(=O)[nH]3)CC2)cc1.O=C(COc1ccc(Cl)cc1)N1CCN(Cc2nc3ccccc3c(=O)[nH]2)CC1.O=C(COc1ccc(Cl)cc1)N1CCN(Cc2nc3ccccc3c(=O)[nH]2)CC1. The number of aryl methyl sites for hydroxylation is 4. The van der Waals surface area contributed by atoms with Gasteiger partial charge < -0.3 is 58.1 Å². The second-order valence-electron chi connectivity index (χ2n) is 35.7. The van der Waals surface area contributed by atoms with Gasteiger partial charge in [0.25, 0.3) is 34.4 Å². The van der Waals surface area contributed by atoms with Gasteiger partial charge in [-0.25, -0.2) is 15.0 Å². The first-order chi connectivity index (χ1) is 65.7. The second-order valence-corrected chi connectivity index (χ2v) is 36.5. The highest BCUT2D eigenvalue weighted by Gasteiger charge is 2.27. The van der Waals surface area contributed by atoms with Crippen LogP contribution in [0.4, 0.5) is 0 Å². The highest BCUT2D eigenvalue weighted by atomic mass is 35.5. The zero-order valence-corrected chi connectivity index (χ0v) is 81.6. The van der Waals surface area contributed by atoms with E-state index in [9.17, 15) is 33.6 Å². The van der Waals surface area contributed by atoms with Crippen LogP contribution in [0.15, 0.2) is 215 Å². The number of hydrogen-bond acceptors (Lipinski definition) is 21. The molecule has 0 aliphatic carbocycles. The summed E-state index contributed by atoms with van der Waals surface area (Å²) in [5.74, 6) is 6.65. The predicted molar refractivity (Wildman–Crippen MR) is 544 cm³/mol. The number of ether oxygens (including phenoxy) is 6. The lowest BCUT2D eigenvalue weighted by Gasteiger charge is -2.34. The molecule has 8 heterocycles. The van der Waals surface area contributed by atoms with Gasteiger partial charge in [-0.3, -0.25) is 58.1 Å². The van der Waals surface area contributed by atoms with E-state index in [1.54, 1.807) is 82.6 Å². The van der Waals surface area contributed by atoms with Crippen LogP contribution in [0.3, 0.4) is 0 Å². The molecule has 9 aromatic carbocycles. The van der Waals surface area contributed by atoms with E-state index in [1.165, 1.54) is 87.0 Å². The van der Waals surface area contributed by atoms with Crippen molar-refractivity contribution in [2.75, 3.05) is 125 Å². The van der Waals surface area contributed by atoms with E-state index in [0.29, 0.717) is 168 Å². The van der Waals surface area contributed by atoms with Crippen LogP contribution in [0.5, 0.6) is 34.5 Å². The maximum absolute atomic E-state index is 12.4. The van der Waals surface area contributed by atoms with Gasteiger partial charge in [0.1, 0.15) is 58.3 Å². The number of carbonyl (C=O) groups is 4. The maximum atomic E-state index is 12.4. The Kier molecular flexibility index (Phi) is 41.0. The first-order valence-electron chi connectivity index (χ1n) is 47.3. The van der Waals surface area contributed by atoms with Crippen molar-refractivity contribution in [3.63, 3.8) is 0 Å². The summed E-state index contributed by atoms with van der Waals surface area (Å²) in [5, 5.41) is 3.03. The smallest absolute Gasteiger partial charge is 0.260 e. The Labute approximate surface area is 814 Å². The Morgan fingerprint density at radius 2 is 0.635 bits per heavy atom. The molecule has 12 aromatic rings. The Morgan fingerprint density at radius 1 is 0.350 bits per heavy atom. The molecule has 5 fully saturated rings. The van der Waals surface area contributed by atoms with Gasteiger partial charge in [0.05, 0.1) is 70.7 Å². The number of aromatic nitrogens is 6. The molecule has 0 bridgehead atoms. The summed E-state index contributed by atoms with van der Waals surface area (Å²) in [6, 6.07) is 62.1. The Bertz CT molecular complexity index is 5560. The van der Waals surface area contributed by atoms with E-state index < -0.39 is 0 Å². The summed E-state index contributed by atoms with van der Waals surface area (Å²) in [4.78, 5) is 124. The number of amides is 3. The number of hydrogen-bond donors (Lipinski definition) is 3. The summed E-state index contributed by atoms with van der Waals surface area (Å²) in [7, 11) is 0. The molecule has 3 N–H and O–H groups in total. The summed E-state index contributed by atoms with van der Waals surface area (Å²) in [5.41, 5.74) is 9.87. The van der Waals surface area contributed by atoms with Crippen molar-refractivity contribution >= 4 is 79.9 Å². The van der Waals surface area contributed by atoms with Crippen molar-refractivity contribution in [3.05, 3.63) is 298 Å². The third-order valence-electron chi connectivity index (χ3n) is 23.6. The number of rotatable bonds is 26. The molecule has 17 rings (SSSR count). The number of aromatic amines is 3. The number of halogens is 2. The first kappa shape index (κ1) is 105. The van der Waals surface area contributed by atoms with Crippen LogP contribution in [-0.4, -0.2) is 236 Å². The highest BCUT2D eigenvalue weighted by Crippen LogP contribution is 2.27. The average molecular weight is 1910 g/mol. The zero-order chi connectivity index (χ0) is 96.4. The summed E-state index contributed by atoms with van der Waals surface area (Å²) >= 11 is 11.7. The number of aldehydes is 1. The number of piperazine rings is 3. The molecule has 728 valence electrons. The third kappa shape index (κ3) is 33.8. The van der Waals surface area contributed by atoms with Crippen LogP contribution in [0, 0.1) is 27.7 Å². The Balaban J connectivity index is 0.000000161. The second kappa shape index (κ2) is 53.4. The van der Waals surface area contributed by atoms with E-state index in [1.807, 2.05) is 124 Å². The van der Waals surface area contributed by atoms with Crippen LogP contribution >= 0.6 is 23.2 Å². The highest BCUT2D eigenvalue weighted by molar-refractivity contribution is 6.30. The van der Waals surface area contributed by atoms with Crippen LogP contribution in [0.1, 0.15) is 149 Å². The van der Waals surface area contributed by atoms with E-state index in [-0.39, 0.29) is 80.0 Å². The minimum Gasteiger partial charge on any atom is -0.491 e. The fourth-order valence-corrected chi connectivity index (χ4v) is 16.7. The van der Waals surface area contributed by atoms with Gasteiger partial charge in [-0.05, 0) is 276 Å². The van der Waals surface area contributed by atoms with E-state index in [4.69, 9.17) is 51.6 Å². The van der Waals surface area contributed by atoms with E-state index >= 15 is 0 Å². The number of piperidine rings is 2. The first-order valence-corrected chi connectivity index (χ1v) is 48.0. The van der Waals surface area contributed by atoms with Gasteiger partial charge in [0.15, 0.2) is 19.8 Å². The molecule has 5 aliphatic heterocycles. The number of likely N-dealkylation sites (tertiary alicyclic amines) is 2. The van der Waals surface area contributed by atoms with Crippen molar-refractivity contribution < 1.29 is 47.6 Å². The summed E-state index contributed by atoms with van der Waals surface area (Å²) in [6.45, 7) is 37.4. The quantitative estimate of drug-likeness (QED) is 0.0425. The lowest BCUT2D eigenvalue weighted by molar-refractivity contribution is -0.135. The predicted octanol–water partition coefficient (Wildman–Crippen LogP) is 17.3. The van der Waals surface area contributed by atoms with Crippen LogP contribution < -0.4 is 45.1 Å². The minimum atomic E-state index is -0.126. The molecule has 0 radical (unpaired) electrons. The third-order valence-corrected chi connectivity index (χ3v) is 24.1. The van der Waals surface area contributed by atoms with E-state index in [0.717, 1.165) is 60.8 Å². The Morgan fingerprint density at radius 3 is 0.927 bits per heavy atom. The topological polar surface area (TPSA) is 287 Å². The lowest BCUT2D eigenvalue weighted by atomic mass is 10.1. The van der Waals surface area contributed by atoms with Gasteiger partial charge in [-0.2, -0.15) is 0 Å². The number of nitrogens with zero attached hydrogens (tertiary/aromatic N) is 11. The largest absolute Gasteiger partial charge is 0.491 e. The number of H-pyrrole nitrogens is 3. The fraction of sp³-hybridized carbons (Fsp3) is 0.407. The van der Waals surface area contributed by atoms with Gasteiger partial charge in [0, 0.05) is 107 Å². The number of fused-ring (bicyclic) bond motifs is 3. The van der Waals surface area contributed by atoms with Crippen molar-refractivity contribution in [2.24, 2.45) is 0 Å². The van der Waals surface area contributed by atoms with Crippen molar-refractivity contribution in [1.82, 2.24) is 69.1 Å². The number of benzene rings is 9. The molecular formula is C108H134Cl2N14O13. The molecule has 27 nitrogen and oxygen atoms in total. The monoisotopic (exact) mass is 1900 g/mol. The number of nitrogens with one attached hydrogen (secondary N) is 3. The molecule has 0 saturated carbocycles. The summed E-state index contributed by atoms with van der Waals surface area (Å²) < 4.78 is 33.8. The molecule has 0 atom stereocenters. The molecule has 0 unspecified atom stereocenters. The molecule has 29 heteroatoms. The molecule has 3 aromatic heterocycles. The zero-order valence-electron chi connectivity index (χ0n) is 80.1. The van der Waals surface area contributed by atoms with Crippen LogP contribution in [-0.2, 0) is 47.1 Å². The normalized spacial score (nSPS) is 14.9. The molecule has 5 aliphatic rings. The van der Waals surface area contributed by atoms with Gasteiger partial charge in [0.2, 0.25) is 0 Å².